The summed E-state index contributed by atoms with van der Waals surface area (Å²) in [6, 6.07) is 23.0. The predicted octanol–water partition coefficient (Wildman–Crippen LogP) is 0.104. The van der Waals surface area contributed by atoms with Gasteiger partial charge in [-0.05, 0) is 0 Å². The molecule has 0 unspecified atom stereocenters. The van der Waals surface area contributed by atoms with Gasteiger partial charge in [0.25, 0.3) is 0 Å². The minimum atomic E-state index is -0.894. The maximum absolute atomic E-state index is 2.53. The van der Waals surface area contributed by atoms with Crippen LogP contribution in [0.25, 0.3) is 22.3 Å². The Balaban J connectivity index is 0.00000130. The number of aryl methyl sites for hydroxylation is 2. The summed E-state index contributed by atoms with van der Waals surface area (Å²) in [6.45, 7) is 9.40. The number of rotatable bonds is 2. The van der Waals surface area contributed by atoms with Gasteiger partial charge in [0, 0.05) is 0 Å². The van der Waals surface area contributed by atoms with E-state index in [1.165, 1.54) is 44.5 Å². The average molecular weight is 549 g/mol. The first-order valence-electron chi connectivity index (χ1n) is 11.2. The number of hydrogen-bond acceptors (Lipinski definition) is 0. The van der Waals surface area contributed by atoms with Crippen LogP contribution in [0.3, 0.4) is 0 Å². The van der Waals surface area contributed by atoms with Gasteiger partial charge in [-0.25, -0.2) is 0 Å². The summed E-state index contributed by atoms with van der Waals surface area (Å²) in [5.74, 6) is 0. The number of benzene rings is 4. The molecule has 0 saturated heterocycles. The Hall–Kier alpha value is -1.66. The van der Waals surface area contributed by atoms with Crippen LogP contribution >= 0.6 is 0 Å². The molecule has 4 aromatic rings. The molecule has 0 bridgehead atoms. The zero-order valence-corrected chi connectivity index (χ0v) is 23.4. The Morgan fingerprint density at radius 1 is 0.576 bits per heavy atom. The molecule has 0 N–H and O–H groups in total. The summed E-state index contributed by atoms with van der Waals surface area (Å²) in [6.07, 6.45) is 2.20. The topological polar surface area (TPSA) is 0 Å². The third-order valence-corrected chi connectivity index (χ3v) is 11.3. The fraction of sp³-hybridized carbons (Fsp3) is 0.200. The SMILES string of the molecule is Cc1c[c]([Zr+2][c]2cc(C)c3c(c2C)Cc2ccccc2-3)c(C)c2c1-c1ccccc1C2.[Cl-].[Cl-]. The van der Waals surface area contributed by atoms with E-state index in [4.69, 9.17) is 0 Å². The monoisotopic (exact) mass is 546 g/mol. The smallest absolute Gasteiger partial charge is 1.00 e. The predicted molar refractivity (Wildman–Crippen MR) is 128 cm³/mol. The molecule has 0 heterocycles. The van der Waals surface area contributed by atoms with Crippen molar-refractivity contribution in [1.82, 2.24) is 0 Å². The molecule has 33 heavy (non-hydrogen) atoms. The summed E-state index contributed by atoms with van der Waals surface area (Å²) in [4.78, 5) is 0. The van der Waals surface area contributed by atoms with E-state index < -0.39 is 23.2 Å². The van der Waals surface area contributed by atoms with Gasteiger partial charge >= 0.3 is 198 Å². The van der Waals surface area contributed by atoms with E-state index in [-0.39, 0.29) is 24.8 Å². The number of hydrogen-bond donors (Lipinski definition) is 0. The second-order valence-corrected chi connectivity index (χ2v) is 12.5. The van der Waals surface area contributed by atoms with Crippen LogP contribution in [0.2, 0.25) is 0 Å². The van der Waals surface area contributed by atoms with Gasteiger partial charge in [0.15, 0.2) is 0 Å². The Kier molecular flexibility index (Phi) is 6.81. The Morgan fingerprint density at radius 3 is 1.39 bits per heavy atom. The van der Waals surface area contributed by atoms with Crippen molar-refractivity contribution in [2.75, 3.05) is 0 Å². The third kappa shape index (κ3) is 3.78. The van der Waals surface area contributed by atoms with Gasteiger partial charge in [0.2, 0.25) is 0 Å². The van der Waals surface area contributed by atoms with E-state index in [0.29, 0.717) is 0 Å². The van der Waals surface area contributed by atoms with Crippen molar-refractivity contribution >= 4 is 6.54 Å². The van der Waals surface area contributed by atoms with Crippen LogP contribution in [0, 0.1) is 27.7 Å². The molecule has 0 saturated carbocycles. The third-order valence-electron chi connectivity index (χ3n) is 7.40. The first-order chi connectivity index (χ1) is 15.0. The Morgan fingerprint density at radius 2 is 0.970 bits per heavy atom. The molecule has 6 rings (SSSR count). The van der Waals surface area contributed by atoms with Gasteiger partial charge in [-0.1, -0.05) is 0 Å². The molecule has 164 valence electrons. The molecular weight excluding hydrogens is 522 g/mol. The zero-order valence-electron chi connectivity index (χ0n) is 19.4. The van der Waals surface area contributed by atoms with Gasteiger partial charge in [-0.15, -0.1) is 0 Å². The molecule has 3 heteroatoms. The molecule has 0 aliphatic heterocycles. The summed E-state index contributed by atoms with van der Waals surface area (Å²) < 4.78 is 3.32. The van der Waals surface area contributed by atoms with E-state index in [1.807, 2.05) is 0 Å². The van der Waals surface area contributed by atoms with Gasteiger partial charge < -0.3 is 24.8 Å². The fourth-order valence-corrected chi connectivity index (χ4v) is 9.58. The minimum Gasteiger partial charge on any atom is -1.00 e. The van der Waals surface area contributed by atoms with Crippen molar-refractivity contribution in [2.24, 2.45) is 0 Å². The van der Waals surface area contributed by atoms with Crippen LogP contribution in [0.5, 0.6) is 0 Å². The van der Waals surface area contributed by atoms with Gasteiger partial charge in [-0.3, -0.25) is 0 Å². The van der Waals surface area contributed by atoms with Gasteiger partial charge in [0.05, 0.1) is 0 Å². The van der Waals surface area contributed by atoms with Crippen molar-refractivity contribution in [3.05, 3.63) is 105 Å². The zero-order chi connectivity index (χ0) is 21.3. The molecule has 0 atom stereocenters. The van der Waals surface area contributed by atoms with Crippen LogP contribution < -0.4 is 31.4 Å². The average Bonchev–Trinajstić information content (AvgIpc) is 3.35. The summed E-state index contributed by atoms with van der Waals surface area (Å²) in [5, 5.41) is 0. The Bertz CT molecular complexity index is 1290. The molecule has 0 nitrogen and oxygen atoms in total. The van der Waals surface area contributed by atoms with Crippen molar-refractivity contribution < 1.29 is 48.0 Å². The molecule has 0 fully saturated rings. The van der Waals surface area contributed by atoms with E-state index in [9.17, 15) is 0 Å². The largest absolute Gasteiger partial charge is 1.00 e. The molecular formula is C30H26Cl2Zr. The van der Waals surface area contributed by atoms with Crippen LogP contribution in [-0.2, 0) is 36.1 Å². The van der Waals surface area contributed by atoms with E-state index in [1.54, 1.807) is 28.8 Å². The Labute approximate surface area is 221 Å². The number of halogens is 2. The first-order valence-corrected chi connectivity index (χ1v) is 13.7. The minimum absolute atomic E-state index is 0. The molecule has 2 aliphatic carbocycles. The first kappa shape index (κ1) is 24.5. The van der Waals surface area contributed by atoms with Crippen molar-refractivity contribution in [2.45, 2.75) is 40.5 Å². The van der Waals surface area contributed by atoms with Gasteiger partial charge in [0.1, 0.15) is 0 Å². The molecule has 2 aliphatic rings. The van der Waals surface area contributed by atoms with Crippen molar-refractivity contribution in [3.8, 4) is 22.3 Å². The molecule has 0 spiro atoms. The van der Waals surface area contributed by atoms with Crippen molar-refractivity contribution in [3.63, 3.8) is 0 Å². The van der Waals surface area contributed by atoms with Crippen molar-refractivity contribution in [1.29, 1.82) is 0 Å². The second kappa shape index (κ2) is 9.18. The molecule has 0 radical (unpaired) electrons. The fourth-order valence-electron chi connectivity index (χ4n) is 5.78. The maximum atomic E-state index is 2.53. The van der Waals surface area contributed by atoms with E-state index >= 15 is 0 Å². The van der Waals surface area contributed by atoms with Crippen LogP contribution in [0.4, 0.5) is 0 Å². The van der Waals surface area contributed by atoms with Crippen LogP contribution in [0.1, 0.15) is 44.5 Å². The van der Waals surface area contributed by atoms with Crippen LogP contribution in [0.15, 0.2) is 60.7 Å². The standard InChI is InChI=1S/2C15H13.2ClH.Zr/c2*1-10-7-8-11(2)15-13-6-4-3-5-12(13)9-14(10)15;;;/h2*3-6,8H,9H2,1-2H3;2*1H;/q;;;;+2/p-2. The summed E-state index contributed by atoms with van der Waals surface area (Å²) in [7, 11) is 0. The second-order valence-electron chi connectivity index (χ2n) is 9.23. The number of fused-ring (bicyclic) bond motifs is 6. The normalized spacial score (nSPS) is 12.0. The summed E-state index contributed by atoms with van der Waals surface area (Å²) >= 11 is -0.894. The van der Waals surface area contributed by atoms with Gasteiger partial charge in [-0.2, -0.15) is 0 Å². The van der Waals surface area contributed by atoms with E-state index in [0.717, 1.165) is 12.8 Å². The maximum Gasteiger partial charge on any atom is -1.00 e. The summed E-state index contributed by atoms with van der Waals surface area (Å²) in [5.41, 5.74) is 18.1. The molecule has 0 aromatic heterocycles. The van der Waals surface area contributed by atoms with E-state index in [2.05, 4.69) is 88.4 Å². The quantitative estimate of drug-likeness (QED) is 0.288. The van der Waals surface area contributed by atoms with Crippen LogP contribution in [-0.4, -0.2) is 0 Å². The molecule has 4 aromatic carbocycles. The molecule has 0 amide bonds.